The predicted molar refractivity (Wildman–Crippen MR) is 74.6 cm³/mol. The lowest BCUT2D eigenvalue weighted by Crippen LogP contribution is -2.02. The van der Waals surface area contributed by atoms with Crippen LogP contribution in [0.1, 0.15) is 18.4 Å². The van der Waals surface area contributed by atoms with Crippen molar-refractivity contribution >= 4 is 11.4 Å². The Morgan fingerprint density at radius 2 is 1.95 bits per heavy atom. The summed E-state index contributed by atoms with van der Waals surface area (Å²) in [5, 5.41) is 14.1. The van der Waals surface area contributed by atoms with Crippen LogP contribution in [0.25, 0.3) is 0 Å². The molecule has 3 rings (SSSR count). The number of ether oxygens (including phenoxy) is 2. The molecular formula is C14H14N2O5. The fraction of sp³-hybridized carbons (Fsp3) is 0.286. The van der Waals surface area contributed by atoms with E-state index in [9.17, 15) is 10.1 Å². The Morgan fingerprint density at radius 3 is 2.62 bits per heavy atom. The molecule has 21 heavy (non-hydrogen) atoms. The van der Waals surface area contributed by atoms with E-state index < -0.39 is 4.92 Å². The molecule has 0 aliphatic carbocycles. The SMILES string of the molecule is CCc1ccc(CNc2cc3c(cc2[N+](=O)[O-])OCO3)o1. The number of anilines is 1. The van der Waals surface area contributed by atoms with E-state index in [2.05, 4.69) is 5.32 Å². The van der Waals surface area contributed by atoms with Gasteiger partial charge in [0.05, 0.1) is 17.5 Å². The van der Waals surface area contributed by atoms with Crippen molar-refractivity contribution in [1.82, 2.24) is 0 Å². The van der Waals surface area contributed by atoms with Crippen molar-refractivity contribution in [1.29, 1.82) is 0 Å². The van der Waals surface area contributed by atoms with Crippen molar-refractivity contribution in [2.24, 2.45) is 0 Å². The summed E-state index contributed by atoms with van der Waals surface area (Å²) in [6.07, 6.45) is 0.810. The van der Waals surface area contributed by atoms with Crippen LogP contribution >= 0.6 is 0 Å². The van der Waals surface area contributed by atoms with Crippen LogP contribution in [0.5, 0.6) is 11.5 Å². The van der Waals surface area contributed by atoms with E-state index in [1.807, 2.05) is 19.1 Å². The second-order valence-corrected chi connectivity index (χ2v) is 4.55. The van der Waals surface area contributed by atoms with Gasteiger partial charge in [-0.1, -0.05) is 6.92 Å². The van der Waals surface area contributed by atoms with E-state index in [1.54, 1.807) is 6.07 Å². The van der Waals surface area contributed by atoms with Crippen LogP contribution in [0.3, 0.4) is 0 Å². The summed E-state index contributed by atoms with van der Waals surface area (Å²) in [6, 6.07) is 6.68. The molecular weight excluding hydrogens is 276 g/mol. The van der Waals surface area contributed by atoms with E-state index in [1.165, 1.54) is 6.07 Å². The first-order valence-electron chi connectivity index (χ1n) is 6.57. The smallest absolute Gasteiger partial charge is 0.296 e. The number of nitrogens with one attached hydrogen (secondary N) is 1. The average Bonchev–Trinajstić information content (AvgIpc) is 3.12. The highest BCUT2D eigenvalue weighted by atomic mass is 16.7. The Hall–Kier alpha value is -2.70. The number of hydrogen-bond donors (Lipinski definition) is 1. The van der Waals surface area contributed by atoms with Crippen molar-refractivity contribution < 1.29 is 18.8 Å². The van der Waals surface area contributed by atoms with Gasteiger partial charge in [-0.05, 0) is 12.1 Å². The number of nitrogens with zero attached hydrogens (tertiary/aromatic N) is 1. The molecule has 0 bridgehead atoms. The van der Waals surface area contributed by atoms with Gasteiger partial charge in [-0.25, -0.2) is 0 Å². The lowest BCUT2D eigenvalue weighted by molar-refractivity contribution is -0.384. The van der Waals surface area contributed by atoms with Gasteiger partial charge in [-0.2, -0.15) is 0 Å². The van der Waals surface area contributed by atoms with Gasteiger partial charge in [-0.15, -0.1) is 0 Å². The van der Waals surface area contributed by atoms with Crippen LogP contribution in [-0.4, -0.2) is 11.7 Å². The highest BCUT2D eigenvalue weighted by molar-refractivity contribution is 5.68. The Balaban J connectivity index is 1.82. The maximum Gasteiger partial charge on any atom is 0.296 e. The summed E-state index contributed by atoms with van der Waals surface area (Å²) >= 11 is 0. The van der Waals surface area contributed by atoms with Gasteiger partial charge in [0.1, 0.15) is 17.2 Å². The van der Waals surface area contributed by atoms with Crippen LogP contribution in [0.4, 0.5) is 11.4 Å². The highest BCUT2D eigenvalue weighted by Gasteiger charge is 2.23. The second kappa shape index (κ2) is 5.35. The van der Waals surface area contributed by atoms with E-state index in [-0.39, 0.29) is 12.5 Å². The van der Waals surface area contributed by atoms with E-state index in [4.69, 9.17) is 13.9 Å². The normalized spacial score (nSPS) is 12.4. The van der Waals surface area contributed by atoms with Gasteiger partial charge in [0.15, 0.2) is 11.5 Å². The summed E-state index contributed by atoms with van der Waals surface area (Å²) in [6.45, 7) is 2.44. The van der Waals surface area contributed by atoms with Gasteiger partial charge in [0.25, 0.3) is 5.69 Å². The third kappa shape index (κ3) is 2.62. The Morgan fingerprint density at radius 1 is 1.24 bits per heavy atom. The molecule has 1 aliphatic rings. The van der Waals surface area contributed by atoms with E-state index in [0.717, 1.165) is 17.9 Å². The van der Waals surface area contributed by atoms with Crippen molar-refractivity contribution in [3.05, 3.63) is 45.9 Å². The third-order valence-corrected chi connectivity index (χ3v) is 3.21. The molecule has 0 radical (unpaired) electrons. The summed E-state index contributed by atoms with van der Waals surface area (Å²) in [5.41, 5.74) is 0.320. The van der Waals surface area contributed by atoms with Gasteiger partial charge < -0.3 is 19.2 Å². The van der Waals surface area contributed by atoms with Gasteiger partial charge in [0, 0.05) is 12.5 Å². The molecule has 1 aromatic heterocycles. The number of benzene rings is 1. The molecule has 1 aromatic carbocycles. The van der Waals surface area contributed by atoms with Crippen LogP contribution in [0.15, 0.2) is 28.7 Å². The number of hydrogen-bond acceptors (Lipinski definition) is 6. The summed E-state index contributed by atoms with van der Waals surface area (Å²) in [4.78, 5) is 10.7. The number of furan rings is 1. The lowest BCUT2D eigenvalue weighted by atomic mass is 10.2. The first-order valence-corrected chi connectivity index (χ1v) is 6.57. The number of rotatable bonds is 5. The largest absolute Gasteiger partial charge is 0.464 e. The Bertz CT molecular complexity index is 680. The van der Waals surface area contributed by atoms with Crippen molar-refractivity contribution in [2.45, 2.75) is 19.9 Å². The molecule has 1 N–H and O–H groups in total. The van der Waals surface area contributed by atoms with Crippen LogP contribution in [-0.2, 0) is 13.0 Å². The van der Waals surface area contributed by atoms with Gasteiger partial charge >= 0.3 is 0 Å². The van der Waals surface area contributed by atoms with Gasteiger partial charge in [0.2, 0.25) is 6.79 Å². The van der Waals surface area contributed by atoms with E-state index in [0.29, 0.717) is 23.7 Å². The molecule has 110 valence electrons. The van der Waals surface area contributed by atoms with Crippen molar-refractivity contribution in [3.8, 4) is 11.5 Å². The summed E-state index contributed by atoms with van der Waals surface area (Å²) < 4.78 is 16.0. The van der Waals surface area contributed by atoms with E-state index >= 15 is 0 Å². The first-order chi connectivity index (χ1) is 10.2. The molecule has 7 heteroatoms. The molecule has 2 heterocycles. The number of nitro benzene ring substituents is 1. The molecule has 0 saturated carbocycles. The molecule has 0 saturated heterocycles. The summed E-state index contributed by atoms with van der Waals surface area (Å²) in [7, 11) is 0. The quantitative estimate of drug-likeness (QED) is 0.672. The fourth-order valence-electron chi connectivity index (χ4n) is 2.11. The molecule has 0 fully saturated rings. The van der Waals surface area contributed by atoms with Crippen molar-refractivity contribution in [2.75, 3.05) is 12.1 Å². The zero-order valence-corrected chi connectivity index (χ0v) is 11.4. The molecule has 1 aliphatic heterocycles. The predicted octanol–water partition coefficient (Wildman–Crippen LogP) is 3.09. The van der Waals surface area contributed by atoms with Crippen molar-refractivity contribution in [3.63, 3.8) is 0 Å². The summed E-state index contributed by atoms with van der Waals surface area (Å²) in [5.74, 6) is 2.49. The Kier molecular flexibility index (Phi) is 3.39. The topological polar surface area (TPSA) is 86.8 Å². The minimum Gasteiger partial charge on any atom is -0.464 e. The molecule has 0 atom stereocenters. The van der Waals surface area contributed by atoms with Crippen LogP contribution in [0.2, 0.25) is 0 Å². The molecule has 0 amide bonds. The van der Waals surface area contributed by atoms with Crippen LogP contribution < -0.4 is 14.8 Å². The minimum absolute atomic E-state index is 0.0541. The number of nitro groups is 1. The zero-order valence-electron chi connectivity index (χ0n) is 11.4. The fourth-order valence-corrected chi connectivity index (χ4v) is 2.11. The zero-order chi connectivity index (χ0) is 14.8. The molecule has 0 unspecified atom stereocenters. The molecule has 0 spiro atoms. The molecule has 2 aromatic rings. The van der Waals surface area contributed by atoms with Gasteiger partial charge in [-0.3, -0.25) is 10.1 Å². The standard InChI is InChI=1S/C14H14N2O5/c1-2-9-3-4-10(21-9)7-15-11-5-13-14(20-8-19-13)6-12(11)16(17)18/h3-6,15H,2,7-8H2,1H3. The minimum atomic E-state index is -0.454. The molecule has 7 nitrogen and oxygen atoms in total. The Labute approximate surface area is 120 Å². The maximum absolute atomic E-state index is 11.1. The second-order valence-electron chi connectivity index (χ2n) is 4.55. The average molecular weight is 290 g/mol. The number of aryl methyl sites for hydroxylation is 1. The third-order valence-electron chi connectivity index (χ3n) is 3.21. The maximum atomic E-state index is 11.1. The van der Waals surface area contributed by atoms with Crippen LogP contribution in [0, 0.1) is 10.1 Å². The first kappa shape index (κ1) is 13.3. The number of fused-ring (bicyclic) bond motifs is 1. The highest BCUT2D eigenvalue weighted by Crippen LogP contribution is 2.40. The monoisotopic (exact) mass is 290 g/mol. The lowest BCUT2D eigenvalue weighted by Gasteiger charge is -2.07.